The molecule has 122 valence electrons. The summed E-state index contributed by atoms with van der Waals surface area (Å²) in [4.78, 5) is 11.9. The van der Waals surface area contributed by atoms with Crippen LogP contribution in [-0.2, 0) is 4.79 Å². The number of hydrogen-bond acceptors (Lipinski definition) is 2. The Bertz CT molecular complexity index is 732. The topological polar surface area (TPSA) is 26.3 Å². The van der Waals surface area contributed by atoms with Gasteiger partial charge in [-0.2, -0.15) is 8.78 Å². The van der Waals surface area contributed by atoms with Gasteiger partial charge in [0.05, 0.1) is 5.92 Å². The number of carbonyl (C=O) groups excluding carboxylic acids is 1. The van der Waals surface area contributed by atoms with Crippen LogP contribution in [0, 0.1) is 29.1 Å². The van der Waals surface area contributed by atoms with Crippen molar-refractivity contribution in [3.8, 4) is 5.75 Å². The first-order valence-corrected chi connectivity index (χ1v) is 6.60. The number of carbonyl (C=O) groups is 1. The molecule has 8 heteroatoms. The quantitative estimate of drug-likeness (QED) is 0.263. The zero-order valence-electron chi connectivity index (χ0n) is 11.5. The molecule has 0 bridgehead atoms. The zero-order valence-corrected chi connectivity index (χ0v) is 12.2. The summed E-state index contributed by atoms with van der Waals surface area (Å²) < 4.78 is 70.3. The summed E-state index contributed by atoms with van der Waals surface area (Å²) in [6, 6.07) is 5.87. The molecule has 0 radical (unpaired) electrons. The van der Waals surface area contributed by atoms with Gasteiger partial charge in [0.25, 0.3) is 0 Å². The largest absolute Gasteiger partial charge is 0.420 e. The van der Waals surface area contributed by atoms with Gasteiger partial charge in [-0.3, -0.25) is 4.79 Å². The standard InChI is InChI=1S/C15H8ClF5O2/c1-6(7-2-4-8(16)5-3-7)15(22)23-14-12(20)10(18)9(17)11(19)13(14)21/h2-6H,1H3/t6-/m1/s1. The predicted octanol–water partition coefficient (Wildman–Crippen LogP) is 4.74. The summed E-state index contributed by atoms with van der Waals surface area (Å²) in [6.07, 6.45) is 0. The van der Waals surface area contributed by atoms with Crippen LogP contribution in [-0.4, -0.2) is 5.97 Å². The fraction of sp³-hybridized carbons (Fsp3) is 0.133. The molecule has 0 aromatic heterocycles. The molecule has 0 spiro atoms. The Kier molecular flexibility index (Phi) is 4.89. The number of benzene rings is 2. The second kappa shape index (κ2) is 6.54. The van der Waals surface area contributed by atoms with Crippen molar-refractivity contribution in [1.82, 2.24) is 0 Å². The first-order chi connectivity index (χ1) is 10.7. The number of halogens is 6. The molecule has 2 nitrogen and oxygen atoms in total. The van der Waals surface area contributed by atoms with Crippen molar-refractivity contribution < 1.29 is 31.5 Å². The average molecular weight is 351 g/mol. The SMILES string of the molecule is C[C@@H](C(=O)Oc1c(F)c(F)c(F)c(F)c1F)c1ccc(Cl)cc1. The molecule has 0 aliphatic heterocycles. The van der Waals surface area contributed by atoms with E-state index in [1.807, 2.05) is 0 Å². The van der Waals surface area contributed by atoms with Gasteiger partial charge in [-0.25, -0.2) is 13.2 Å². The van der Waals surface area contributed by atoms with Gasteiger partial charge in [0, 0.05) is 5.02 Å². The van der Waals surface area contributed by atoms with E-state index in [1.165, 1.54) is 31.2 Å². The second-order valence-electron chi connectivity index (χ2n) is 4.59. The molecule has 23 heavy (non-hydrogen) atoms. The number of rotatable bonds is 3. The van der Waals surface area contributed by atoms with Crippen molar-refractivity contribution >= 4 is 17.6 Å². The van der Waals surface area contributed by atoms with E-state index < -0.39 is 46.7 Å². The maximum Gasteiger partial charge on any atom is 0.318 e. The van der Waals surface area contributed by atoms with Gasteiger partial charge in [-0.1, -0.05) is 23.7 Å². The van der Waals surface area contributed by atoms with E-state index in [4.69, 9.17) is 11.6 Å². The van der Waals surface area contributed by atoms with Crippen LogP contribution in [0.3, 0.4) is 0 Å². The van der Waals surface area contributed by atoms with E-state index in [0.29, 0.717) is 10.6 Å². The third-order valence-corrected chi connectivity index (χ3v) is 3.35. The lowest BCUT2D eigenvalue weighted by molar-refractivity contribution is -0.136. The molecule has 0 fully saturated rings. The van der Waals surface area contributed by atoms with Gasteiger partial charge < -0.3 is 4.74 Å². The maximum absolute atomic E-state index is 13.5. The van der Waals surface area contributed by atoms with Gasteiger partial charge in [-0.15, -0.1) is 0 Å². The molecule has 0 saturated carbocycles. The minimum absolute atomic E-state index is 0.392. The lowest BCUT2D eigenvalue weighted by Gasteiger charge is -2.13. The highest BCUT2D eigenvalue weighted by atomic mass is 35.5. The molecular weight excluding hydrogens is 343 g/mol. The van der Waals surface area contributed by atoms with Crippen LogP contribution in [0.2, 0.25) is 5.02 Å². The van der Waals surface area contributed by atoms with Crippen molar-refractivity contribution in [2.75, 3.05) is 0 Å². The maximum atomic E-state index is 13.5. The minimum Gasteiger partial charge on any atom is -0.420 e. The van der Waals surface area contributed by atoms with E-state index in [1.54, 1.807) is 0 Å². The van der Waals surface area contributed by atoms with Gasteiger partial charge in [-0.05, 0) is 24.6 Å². The Hall–Kier alpha value is -2.15. The second-order valence-corrected chi connectivity index (χ2v) is 5.03. The van der Waals surface area contributed by atoms with Crippen molar-refractivity contribution in [2.24, 2.45) is 0 Å². The Balaban J connectivity index is 2.32. The fourth-order valence-corrected chi connectivity index (χ4v) is 1.88. The molecule has 1 atom stereocenters. The lowest BCUT2D eigenvalue weighted by Crippen LogP contribution is -2.19. The van der Waals surface area contributed by atoms with Crippen molar-refractivity contribution in [2.45, 2.75) is 12.8 Å². The highest BCUT2D eigenvalue weighted by Crippen LogP contribution is 2.30. The molecule has 0 saturated heterocycles. The molecule has 0 heterocycles. The molecule has 0 amide bonds. The molecule has 2 rings (SSSR count). The molecule has 2 aromatic rings. The summed E-state index contributed by atoms with van der Waals surface area (Å²) in [7, 11) is 0. The molecule has 0 aliphatic carbocycles. The first kappa shape index (κ1) is 17.2. The summed E-state index contributed by atoms with van der Waals surface area (Å²) in [5.41, 5.74) is 0.392. The summed E-state index contributed by atoms with van der Waals surface area (Å²) in [5, 5.41) is 0.397. The van der Waals surface area contributed by atoms with Crippen molar-refractivity contribution in [3.63, 3.8) is 0 Å². The van der Waals surface area contributed by atoms with Gasteiger partial charge in [0.15, 0.2) is 0 Å². The Morgan fingerprint density at radius 1 is 0.913 bits per heavy atom. The molecule has 0 N–H and O–H groups in total. The van der Waals surface area contributed by atoms with Crippen molar-refractivity contribution in [1.29, 1.82) is 0 Å². The molecule has 0 unspecified atom stereocenters. The summed E-state index contributed by atoms with van der Waals surface area (Å²) in [6.45, 7) is 1.34. The number of ether oxygens (including phenoxy) is 1. The summed E-state index contributed by atoms with van der Waals surface area (Å²) >= 11 is 5.68. The summed E-state index contributed by atoms with van der Waals surface area (Å²) in [5.74, 6) is -15.0. The monoisotopic (exact) mass is 350 g/mol. The Labute approximate surface area is 132 Å². The Morgan fingerprint density at radius 3 is 1.83 bits per heavy atom. The van der Waals surface area contributed by atoms with Crippen LogP contribution in [0.15, 0.2) is 24.3 Å². The number of esters is 1. The van der Waals surface area contributed by atoms with Gasteiger partial charge >= 0.3 is 5.97 Å². The smallest absolute Gasteiger partial charge is 0.318 e. The van der Waals surface area contributed by atoms with Crippen LogP contribution in [0.1, 0.15) is 18.4 Å². The minimum atomic E-state index is -2.33. The fourth-order valence-electron chi connectivity index (χ4n) is 1.75. The zero-order chi connectivity index (χ0) is 17.3. The van der Waals surface area contributed by atoms with Crippen molar-refractivity contribution in [3.05, 3.63) is 63.9 Å². The first-order valence-electron chi connectivity index (χ1n) is 6.22. The van der Waals surface area contributed by atoms with E-state index in [2.05, 4.69) is 4.74 Å². The van der Waals surface area contributed by atoms with Crippen LogP contribution >= 0.6 is 11.6 Å². The molecule has 2 aromatic carbocycles. The van der Waals surface area contributed by atoms with Gasteiger partial charge in [0.2, 0.25) is 34.8 Å². The Morgan fingerprint density at radius 2 is 1.35 bits per heavy atom. The lowest BCUT2D eigenvalue weighted by atomic mass is 10.0. The van der Waals surface area contributed by atoms with Gasteiger partial charge in [0.1, 0.15) is 0 Å². The third-order valence-electron chi connectivity index (χ3n) is 3.10. The molecular formula is C15H8ClF5O2. The highest BCUT2D eigenvalue weighted by molar-refractivity contribution is 6.30. The third kappa shape index (κ3) is 3.29. The van der Waals surface area contributed by atoms with Crippen LogP contribution in [0.4, 0.5) is 22.0 Å². The van der Waals surface area contributed by atoms with Crippen LogP contribution < -0.4 is 4.74 Å². The highest BCUT2D eigenvalue weighted by Gasteiger charge is 2.30. The average Bonchev–Trinajstić information content (AvgIpc) is 2.55. The van der Waals surface area contributed by atoms with E-state index >= 15 is 0 Å². The predicted molar refractivity (Wildman–Crippen MR) is 71.7 cm³/mol. The normalized spacial score (nSPS) is 12.1. The van der Waals surface area contributed by atoms with Crippen LogP contribution in [0.25, 0.3) is 0 Å². The number of hydrogen-bond donors (Lipinski definition) is 0. The van der Waals surface area contributed by atoms with Crippen LogP contribution in [0.5, 0.6) is 5.75 Å². The van der Waals surface area contributed by atoms with E-state index in [9.17, 15) is 26.7 Å². The molecule has 0 aliphatic rings. The van der Waals surface area contributed by atoms with E-state index in [-0.39, 0.29) is 0 Å². The van der Waals surface area contributed by atoms with E-state index in [0.717, 1.165) is 0 Å².